The lowest BCUT2D eigenvalue weighted by Gasteiger charge is -2.29. The van der Waals surface area contributed by atoms with E-state index in [2.05, 4.69) is 43.1 Å². The Hall–Kier alpha value is -1.20. The van der Waals surface area contributed by atoms with Gasteiger partial charge in [0.05, 0.1) is 5.56 Å². The molecule has 4 nitrogen and oxygen atoms in total. The summed E-state index contributed by atoms with van der Waals surface area (Å²) in [6, 6.07) is 2.01. The second-order valence-electron chi connectivity index (χ2n) is 6.39. The van der Waals surface area contributed by atoms with Crippen molar-refractivity contribution in [1.29, 1.82) is 0 Å². The van der Waals surface area contributed by atoms with Crippen molar-refractivity contribution in [1.82, 2.24) is 9.88 Å². The van der Waals surface area contributed by atoms with Gasteiger partial charge in [0.15, 0.2) is 0 Å². The molecule has 5 heteroatoms. The Morgan fingerprint density at radius 2 is 2.00 bits per heavy atom. The van der Waals surface area contributed by atoms with Gasteiger partial charge in [0.25, 0.3) is 0 Å². The van der Waals surface area contributed by atoms with Crippen LogP contribution in [0.2, 0.25) is 0 Å². The number of hydrogen-bond acceptors (Lipinski definition) is 4. The molecule has 112 valence electrons. The molecule has 0 amide bonds. The van der Waals surface area contributed by atoms with E-state index in [-0.39, 0.29) is 5.41 Å². The molecule has 20 heavy (non-hydrogen) atoms. The van der Waals surface area contributed by atoms with Crippen LogP contribution in [-0.4, -0.2) is 42.1 Å². The molecular formula is C15H26N4S. The first kappa shape index (κ1) is 16.9. The molecule has 0 saturated carbocycles. The van der Waals surface area contributed by atoms with Crippen molar-refractivity contribution in [2.75, 3.05) is 32.5 Å². The fourth-order valence-corrected chi connectivity index (χ4v) is 2.78. The highest BCUT2D eigenvalue weighted by Gasteiger charge is 2.20. The molecule has 0 aliphatic carbocycles. The SMILES string of the molecule is Cc1cc(NCC(C)(C)CN(C)C)c(C(N)=S)c(C)n1. The lowest BCUT2D eigenvalue weighted by Crippen LogP contribution is -2.34. The lowest BCUT2D eigenvalue weighted by molar-refractivity contribution is 0.254. The topological polar surface area (TPSA) is 54.2 Å². The molecule has 0 fully saturated rings. The number of rotatable bonds is 6. The average Bonchev–Trinajstić information content (AvgIpc) is 2.22. The van der Waals surface area contributed by atoms with Crippen molar-refractivity contribution in [3.63, 3.8) is 0 Å². The minimum Gasteiger partial charge on any atom is -0.389 e. The molecule has 0 aliphatic rings. The summed E-state index contributed by atoms with van der Waals surface area (Å²) in [4.78, 5) is 7.02. The molecule has 0 bridgehead atoms. The predicted octanol–water partition coefficient (Wildman–Crippen LogP) is 2.33. The Morgan fingerprint density at radius 3 is 2.50 bits per heavy atom. The third-order valence-corrected chi connectivity index (χ3v) is 3.28. The number of nitrogens with one attached hydrogen (secondary N) is 1. The van der Waals surface area contributed by atoms with Crippen molar-refractivity contribution < 1.29 is 0 Å². The Bertz CT molecular complexity index is 495. The summed E-state index contributed by atoms with van der Waals surface area (Å²) in [5.41, 5.74) is 9.67. The van der Waals surface area contributed by atoms with E-state index in [1.54, 1.807) is 0 Å². The summed E-state index contributed by atoms with van der Waals surface area (Å²) in [5, 5.41) is 3.49. The van der Waals surface area contributed by atoms with E-state index in [4.69, 9.17) is 18.0 Å². The van der Waals surface area contributed by atoms with Crippen LogP contribution in [0, 0.1) is 19.3 Å². The molecule has 1 heterocycles. The van der Waals surface area contributed by atoms with Crippen molar-refractivity contribution in [2.24, 2.45) is 11.1 Å². The van der Waals surface area contributed by atoms with Gasteiger partial charge in [0.1, 0.15) is 4.99 Å². The maximum absolute atomic E-state index is 5.83. The first-order valence-corrected chi connectivity index (χ1v) is 7.20. The van der Waals surface area contributed by atoms with E-state index in [1.165, 1.54) is 0 Å². The third kappa shape index (κ3) is 4.72. The molecule has 0 unspecified atom stereocenters. The van der Waals surface area contributed by atoms with E-state index in [1.807, 2.05) is 19.9 Å². The zero-order valence-corrected chi connectivity index (χ0v) is 14.2. The van der Waals surface area contributed by atoms with E-state index >= 15 is 0 Å². The minimum absolute atomic E-state index is 0.155. The van der Waals surface area contributed by atoms with Crippen LogP contribution < -0.4 is 11.1 Å². The van der Waals surface area contributed by atoms with Crippen LogP contribution in [-0.2, 0) is 0 Å². The number of aromatic nitrogens is 1. The van der Waals surface area contributed by atoms with Crippen molar-refractivity contribution >= 4 is 22.9 Å². The molecular weight excluding hydrogens is 268 g/mol. The number of hydrogen-bond donors (Lipinski definition) is 2. The van der Waals surface area contributed by atoms with Crippen LogP contribution in [0.15, 0.2) is 6.07 Å². The Morgan fingerprint density at radius 1 is 1.40 bits per heavy atom. The van der Waals surface area contributed by atoms with Gasteiger partial charge in [-0.2, -0.15) is 0 Å². The fourth-order valence-electron chi connectivity index (χ4n) is 2.53. The van der Waals surface area contributed by atoms with Crippen molar-refractivity contribution in [3.8, 4) is 0 Å². The van der Waals surface area contributed by atoms with E-state index < -0.39 is 0 Å². The fraction of sp³-hybridized carbons (Fsp3) is 0.600. The maximum atomic E-state index is 5.83. The van der Waals surface area contributed by atoms with Crippen LogP contribution in [0.1, 0.15) is 30.8 Å². The highest BCUT2D eigenvalue weighted by molar-refractivity contribution is 7.80. The van der Waals surface area contributed by atoms with Gasteiger partial charge in [-0.05, 0) is 39.4 Å². The smallest absolute Gasteiger partial charge is 0.107 e. The highest BCUT2D eigenvalue weighted by Crippen LogP contribution is 2.23. The molecule has 0 aliphatic heterocycles. The second kappa shape index (κ2) is 6.50. The molecule has 0 atom stereocenters. The third-order valence-electron chi connectivity index (χ3n) is 3.08. The molecule has 0 spiro atoms. The van der Waals surface area contributed by atoms with Gasteiger partial charge < -0.3 is 16.0 Å². The van der Waals surface area contributed by atoms with Crippen LogP contribution in [0.4, 0.5) is 5.69 Å². The number of nitrogens with zero attached hydrogens (tertiary/aromatic N) is 2. The normalized spacial score (nSPS) is 11.8. The van der Waals surface area contributed by atoms with Gasteiger partial charge >= 0.3 is 0 Å². The highest BCUT2D eigenvalue weighted by atomic mass is 32.1. The van der Waals surface area contributed by atoms with E-state index in [0.29, 0.717) is 4.99 Å². The van der Waals surface area contributed by atoms with E-state index in [0.717, 1.165) is 35.7 Å². The summed E-state index contributed by atoms with van der Waals surface area (Å²) < 4.78 is 0. The van der Waals surface area contributed by atoms with Crippen molar-refractivity contribution in [2.45, 2.75) is 27.7 Å². The number of thiocarbonyl (C=S) groups is 1. The second-order valence-corrected chi connectivity index (χ2v) is 6.83. The van der Waals surface area contributed by atoms with Crippen LogP contribution >= 0.6 is 12.2 Å². The van der Waals surface area contributed by atoms with Crippen molar-refractivity contribution in [3.05, 3.63) is 23.0 Å². The van der Waals surface area contributed by atoms with Gasteiger partial charge in [-0.15, -0.1) is 0 Å². The Balaban J connectivity index is 2.95. The van der Waals surface area contributed by atoms with Gasteiger partial charge in [0.2, 0.25) is 0 Å². The van der Waals surface area contributed by atoms with Crippen LogP contribution in [0.25, 0.3) is 0 Å². The zero-order chi connectivity index (χ0) is 15.5. The molecule has 1 aromatic heterocycles. The maximum Gasteiger partial charge on any atom is 0.107 e. The van der Waals surface area contributed by atoms with Crippen LogP contribution in [0.5, 0.6) is 0 Å². The number of anilines is 1. The van der Waals surface area contributed by atoms with Gasteiger partial charge in [-0.1, -0.05) is 26.1 Å². The standard InChI is InChI=1S/C15H26N4S/c1-10-7-12(13(14(16)20)11(2)18-10)17-8-15(3,4)9-19(5)6/h7H,8-9H2,1-6H3,(H2,16,20)(H,17,18). The lowest BCUT2D eigenvalue weighted by atomic mass is 9.92. The van der Waals surface area contributed by atoms with Gasteiger partial charge in [-0.3, -0.25) is 4.98 Å². The first-order chi connectivity index (χ1) is 9.12. The van der Waals surface area contributed by atoms with Crippen LogP contribution in [0.3, 0.4) is 0 Å². The monoisotopic (exact) mass is 294 g/mol. The molecule has 0 radical (unpaired) electrons. The summed E-state index contributed by atoms with van der Waals surface area (Å²) >= 11 is 5.15. The number of aryl methyl sites for hydroxylation is 2. The molecule has 1 aromatic rings. The average molecular weight is 294 g/mol. The number of nitrogens with two attached hydrogens (primary N) is 1. The summed E-state index contributed by atoms with van der Waals surface area (Å²) in [5.74, 6) is 0. The zero-order valence-electron chi connectivity index (χ0n) is 13.4. The number of pyridine rings is 1. The minimum atomic E-state index is 0.155. The molecule has 3 N–H and O–H groups in total. The largest absolute Gasteiger partial charge is 0.389 e. The van der Waals surface area contributed by atoms with Gasteiger partial charge in [-0.25, -0.2) is 0 Å². The van der Waals surface area contributed by atoms with Gasteiger partial charge in [0, 0.05) is 30.2 Å². The first-order valence-electron chi connectivity index (χ1n) is 6.79. The predicted molar refractivity (Wildman–Crippen MR) is 90.4 cm³/mol. The Labute approximate surface area is 127 Å². The summed E-state index contributed by atoms with van der Waals surface area (Å²) in [7, 11) is 4.17. The molecule has 0 saturated heterocycles. The summed E-state index contributed by atoms with van der Waals surface area (Å²) in [6.45, 7) is 10.3. The van der Waals surface area contributed by atoms with E-state index in [9.17, 15) is 0 Å². The molecule has 1 rings (SSSR count). The summed E-state index contributed by atoms with van der Waals surface area (Å²) in [6.07, 6.45) is 0. The molecule has 0 aromatic carbocycles. The Kier molecular flexibility index (Phi) is 5.48. The quantitative estimate of drug-likeness (QED) is 0.789.